The standard InChI is InChI=1S/C14H18ClFN2O/c15-12-8-11(6-7-13(12)16)18-14(19)9-17-10-4-2-1-3-5-10/h6-8,10,17H,1-5,9H2,(H,18,19). The summed E-state index contributed by atoms with van der Waals surface area (Å²) in [5.74, 6) is -0.617. The molecule has 0 aromatic heterocycles. The average Bonchev–Trinajstić information content (AvgIpc) is 2.42. The van der Waals surface area contributed by atoms with E-state index in [1.807, 2.05) is 0 Å². The molecule has 1 fully saturated rings. The third-order valence-corrected chi connectivity index (χ3v) is 3.65. The van der Waals surface area contributed by atoms with Crippen LogP contribution in [0.25, 0.3) is 0 Å². The van der Waals surface area contributed by atoms with E-state index < -0.39 is 5.82 Å². The minimum atomic E-state index is -0.486. The number of halogens is 2. The fourth-order valence-electron chi connectivity index (χ4n) is 2.32. The molecule has 1 aliphatic rings. The molecular weight excluding hydrogens is 267 g/mol. The van der Waals surface area contributed by atoms with Gasteiger partial charge in [0.2, 0.25) is 5.91 Å². The highest BCUT2D eigenvalue weighted by molar-refractivity contribution is 6.31. The summed E-state index contributed by atoms with van der Waals surface area (Å²) in [7, 11) is 0. The lowest BCUT2D eigenvalue weighted by Gasteiger charge is -2.22. The fraction of sp³-hybridized carbons (Fsp3) is 0.500. The first-order valence-corrected chi connectivity index (χ1v) is 7.01. The van der Waals surface area contributed by atoms with E-state index in [-0.39, 0.29) is 17.5 Å². The van der Waals surface area contributed by atoms with Crippen LogP contribution in [0, 0.1) is 5.82 Å². The Morgan fingerprint density at radius 3 is 2.74 bits per heavy atom. The molecule has 0 unspecified atom stereocenters. The van der Waals surface area contributed by atoms with Gasteiger partial charge in [-0.2, -0.15) is 0 Å². The van der Waals surface area contributed by atoms with Crippen LogP contribution >= 0.6 is 11.6 Å². The molecule has 0 aliphatic heterocycles. The molecule has 1 saturated carbocycles. The second-order valence-electron chi connectivity index (χ2n) is 4.89. The summed E-state index contributed by atoms with van der Waals surface area (Å²) in [4.78, 5) is 11.7. The van der Waals surface area contributed by atoms with E-state index in [0.29, 0.717) is 11.7 Å². The molecule has 0 heterocycles. The van der Waals surface area contributed by atoms with Crippen LogP contribution in [-0.4, -0.2) is 18.5 Å². The number of anilines is 1. The number of nitrogens with one attached hydrogen (secondary N) is 2. The highest BCUT2D eigenvalue weighted by Crippen LogP contribution is 2.19. The van der Waals surface area contributed by atoms with E-state index >= 15 is 0 Å². The largest absolute Gasteiger partial charge is 0.325 e. The lowest BCUT2D eigenvalue weighted by Crippen LogP contribution is -2.37. The lowest BCUT2D eigenvalue weighted by atomic mass is 9.95. The van der Waals surface area contributed by atoms with Crippen LogP contribution in [0.4, 0.5) is 10.1 Å². The Kier molecular flexibility index (Phi) is 5.16. The van der Waals surface area contributed by atoms with Crippen LogP contribution in [0.5, 0.6) is 0 Å². The molecular formula is C14H18ClFN2O. The molecule has 3 nitrogen and oxygen atoms in total. The third kappa shape index (κ3) is 4.48. The van der Waals surface area contributed by atoms with Gasteiger partial charge in [-0.15, -0.1) is 0 Å². The quantitative estimate of drug-likeness (QED) is 0.890. The van der Waals surface area contributed by atoms with Gasteiger partial charge in [-0.05, 0) is 31.0 Å². The van der Waals surface area contributed by atoms with Crippen molar-refractivity contribution in [1.29, 1.82) is 0 Å². The van der Waals surface area contributed by atoms with Crippen LogP contribution in [0.15, 0.2) is 18.2 Å². The Labute approximate surface area is 117 Å². The molecule has 1 aromatic carbocycles. The fourth-order valence-corrected chi connectivity index (χ4v) is 2.50. The van der Waals surface area contributed by atoms with E-state index in [9.17, 15) is 9.18 Å². The summed E-state index contributed by atoms with van der Waals surface area (Å²) < 4.78 is 13.0. The molecule has 0 atom stereocenters. The first-order chi connectivity index (χ1) is 9.15. The van der Waals surface area contributed by atoms with Crippen LogP contribution < -0.4 is 10.6 Å². The number of hydrogen-bond donors (Lipinski definition) is 2. The van der Waals surface area contributed by atoms with Crippen molar-refractivity contribution in [2.45, 2.75) is 38.1 Å². The van der Waals surface area contributed by atoms with Crippen LogP contribution in [0.3, 0.4) is 0 Å². The molecule has 1 aliphatic carbocycles. The van der Waals surface area contributed by atoms with Gasteiger partial charge in [-0.1, -0.05) is 30.9 Å². The van der Waals surface area contributed by atoms with E-state index in [0.717, 1.165) is 12.8 Å². The molecule has 2 rings (SSSR count). The summed E-state index contributed by atoms with van der Waals surface area (Å²) in [6.07, 6.45) is 6.02. The Hall–Kier alpha value is -1.13. The van der Waals surface area contributed by atoms with E-state index in [4.69, 9.17) is 11.6 Å². The second-order valence-corrected chi connectivity index (χ2v) is 5.30. The van der Waals surface area contributed by atoms with Gasteiger partial charge >= 0.3 is 0 Å². The molecule has 5 heteroatoms. The molecule has 0 spiro atoms. The van der Waals surface area contributed by atoms with Crippen molar-refractivity contribution in [3.63, 3.8) is 0 Å². The SMILES string of the molecule is O=C(CNC1CCCCC1)Nc1ccc(F)c(Cl)c1. The van der Waals surface area contributed by atoms with E-state index in [2.05, 4.69) is 10.6 Å². The van der Waals surface area contributed by atoms with Crippen molar-refractivity contribution in [2.24, 2.45) is 0 Å². The number of carbonyl (C=O) groups is 1. The topological polar surface area (TPSA) is 41.1 Å². The van der Waals surface area contributed by atoms with Crippen molar-refractivity contribution < 1.29 is 9.18 Å². The minimum absolute atomic E-state index is 0.0121. The second kappa shape index (κ2) is 6.87. The molecule has 2 N–H and O–H groups in total. The van der Waals surface area contributed by atoms with Crippen molar-refractivity contribution in [2.75, 3.05) is 11.9 Å². The van der Waals surface area contributed by atoms with Crippen molar-refractivity contribution in [1.82, 2.24) is 5.32 Å². The number of rotatable bonds is 4. The van der Waals surface area contributed by atoms with Crippen molar-refractivity contribution >= 4 is 23.2 Å². The van der Waals surface area contributed by atoms with Crippen molar-refractivity contribution in [3.8, 4) is 0 Å². The first-order valence-electron chi connectivity index (χ1n) is 6.63. The van der Waals surface area contributed by atoms with Gasteiger partial charge in [-0.25, -0.2) is 4.39 Å². The summed E-state index contributed by atoms with van der Waals surface area (Å²) in [6, 6.07) is 4.60. The molecule has 1 amide bonds. The van der Waals surface area contributed by atoms with Gasteiger partial charge in [0, 0.05) is 11.7 Å². The highest BCUT2D eigenvalue weighted by atomic mass is 35.5. The summed E-state index contributed by atoms with van der Waals surface area (Å²) in [5.41, 5.74) is 0.516. The minimum Gasteiger partial charge on any atom is -0.325 e. The monoisotopic (exact) mass is 284 g/mol. The maximum atomic E-state index is 13.0. The molecule has 19 heavy (non-hydrogen) atoms. The van der Waals surface area contributed by atoms with Crippen LogP contribution in [0.1, 0.15) is 32.1 Å². The van der Waals surface area contributed by atoms with Gasteiger partial charge < -0.3 is 10.6 Å². The van der Waals surface area contributed by atoms with Gasteiger partial charge in [0.25, 0.3) is 0 Å². The molecule has 104 valence electrons. The molecule has 1 aromatic rings. The average molecular weight is 285 g/mol. The zero-order chi connectivity index (χ0) is 13.7. The molecule has 0 radical (unpaired) electrons. The Morgan fingerprint density at radius 2 is 2.05 bits per heavy atom. The molecule has 0 bridgehead atoms. The smallest absolute Gasteiger partial charge is 0.238 e. The zero-order valence-corrected chi connectivity index (χ0v) is 11.5. The lowest BCUT2D eigenvalue weighted by molar-refractivity contribution is -0.115. The zero-order valence-electron chi connectivity index (χ0n) is 10.7. The van der Waals surface area contributed by atoms with Gasteiger partial charge in [0.1, 0.15) is 5.82 Å². The van der Waals surface area contributed by atoms with E-state index in [1.54, 1.807) is 0 Å². The Balaban J connectivity index is 1.78. The predicted octanol–water partition coefficient (Wildman–Crippen LogP) is 3.34. The maximum Gasteiger partial charge on any atom is 0.238 e. The number of benzene rings is 1. The number of amides is 1. The number of carbonyl (C=O) groups excluding carboxylic acids is 1. The predicted molar refractivity (Wildman–Crippen MR) is 74.9 cm³/mol. The Morgan fingerprint density at radius 1 is 1.32 bits per heavy atom. The summed E-state index contributed by atoms with van der Waals surface area (Å²) in [5, 5.41) is 5.96. The maximum absolute atomic E-state index is 13.0. The van der Waals surface area contributed by atoms with Crippen molar-refractivity contribution in [3.05, 3.63) is 29.0 Å². The molecule has 0 saturated heterocycles. The van der Waals surface area contributed by atoms with E-state index in [1.165, 1.54) is 37.5 Å². The van der Waals surface area contributed by atoms with Gasteiger partial charge in [-0.3, -0.25) is 4.79 Å². The third-order valence-electron chi connectivity index (χ3n) is 3.36. The normalized spacial score (nSPS) is 16.3. The number of hydrogen-bond acceptors (Lipinski definition) is 2. The first kappa shape index (κ1) is 14.3. The van der Waals surface area contributed by atoms with Gasteiger partial charge in [0.05, 0.1) is 11.6 Å². The summed E-state index contributed by atoms with van der Waals surface area (Å²) >= 11 is 5.65. The summed E-state index contributed by atoms with van der Waals surface area (Å²) in [6.45, 7) is 0.277. The van der Waals surface area contributed by atoms with Crippen LogP contribution in [0.2, 0.25) is 5.02 Å². The highest BCUT2D eigenvalue weighted by Gasteiger charge is 2.14. The van der Waals surface area contributed by atoms with Gasteiger partial charge in [0.15, 0.2) is 0 Å². The Bertz CT molecular complexity index is 447. The van der Waals surface area contributed by atoms with Crippen LogP contribution in [-0.2, 0) is 4.79 Å².